The van der Waals surface area contributed by atoms with Crippen molar-refractivity contribution in [2.24, 2.45) is 0 Å². The number of hydrogen-bond acceptors (Lipinski definition) is 1. The Balaban J connectivity index is 0. The van der Waals surface area contributed by atoms with E-state index >= 15 is 0 Å². The van der Waals surface area contributed by atoms with Crippen LogP contribution in [0.5, 0.6) is 0 Å². The molecular formula is C9H17LiO. The van der Waals surface area contributed by atoms with Crippen LogP contribution in [-0.4, -0.2) is 29.4 Å². The summed E-state index contributed by atoms with van der Waals surface area (Å²) < 4.78 is 0.884. The van der Waals surface area contributed by atoms with E-state index in [9.17, 15) is 0 Å². The Labute approximate surface area is 79.4 Å². The summed E-state index contributed by atoms with van der Waals surface area (Å²) in [5, 5.41) is 8.06. The van der Waals surface area contributed by atoms with Gasteiger partial charge in [-0.2, -0.15) is 0 Å². The molecule has 0 aliphatic carbocycles. The summed E-state index contributed by atoms with van der Waals surface area (Å²) in [6, 6.07) is 0. The van der Waals surface area contributed by atoms with Gasteiger partial charge in [0.2, 0.25) is 0 Å². The maximum atomic E-state index is 8.06. The first-order chi connectivity index (χ1) is 5.18. The first-order valence-electron chi connectivity index (χ1n) is 4.07. The summed E-state index contributed by atoms with van der Waals surface area (Å²) in [5.41, 5.74) is 0. The second-order valence-electron chi connectivity index (χ2n) is 2.65. The van der Waals surface area contributed by atoms with E-state index in [0.717, 1.165) is 4.59 Å². The summed E-state index contributed by atoms with van der Waals surface area (Å²) in [5.74, 6) is 0. The summed E-state index contributed by atoms with van der Waals surface area (Å²) in [6.45, 7) is 7.92. The fourth-order valence-corrected chi connectivity index (χ4v) is 0.157. The second kappa shape index (κ2) is 12.7. The van der Waals surface area contributed by atoms with Gasteiger partial charge in [0.1, 0.15) is 0 Å². The number of rotatable bonds is 3. The predicted molar refractivity (Wildman–Crippen MR) is 51.9 cm³/mol. The zero-order valence-electron chi connectivity index (χ0n) is 7.88. The molecule has 2 heteroatoms. The standard InChI is InChI=1S/C5H8O.C4H9.Li/c1-2-3-4-5-6;1-3-4-2;/h2-4,6H,1,5H2;3H,4H2,1-2H3;/b4-3+;;. The summed E-state index contributed by atoms with van der Waals surface area (Å²) in [4.78, 5) is 0. The van der Waals surface area contributed by atoms with Crippen LogP contribution in [0.3, 0.4) is 0 Å². The number of hydrogen-bond donors (Lipinski definition) is 1. The summed E-state index contributed by atoms with van der Waals surface area (Å²) in [7, 11) is 0. The molecule has 1 nitrogen and oxygen atoms in total. The van der Waals surface area contributed by atoms with E-state index in [1.165, 1.54) is 6.42 Å². The van der Waals surface area contributed by atoms with E-state index in [0.29, 0.717) is 0 Å². The second-order valence-corrected chi connectivity index (χ2v) is 2.65. The van der Waals surface area contributed by atoms with E-state index in [2.05, 4.69) is 38.1 Å². The average Bonchev–Trinajstić information content (AvgIpc) is 2.02. The molecule has 0 rings (SSSR count). The van der Waals surface area contributed by atoms with E-state index in [1.807, 2.05) is 0 Å². The Hall–Kier alpha value is 0.0374. The minimum absolute atomic E-state index is 0.103. The predicted octanol–water partition coefficient (Wildman–Crippen LogP) is 2.09. The molecule has 1 atom stereocenters. The van der Waals surface area contributed by atoms with Crippen LogP contribution < -0.4 is 0 Å². The molecule has 0 heterocycles. The first kappa shape index (κ1) is 13.6. The van der Waals surface area contributed by atoms with E-state index < -0.39 is 0 Å². The van der Waals surface area contributed by atoms with Crippen LogP contribution >= 0.6 is 0 Å². The molecule has 0 aromatic heterocycles. The Morgan fingerprint density at radius 2 is 2.09 bits per heavy atom. The van der Waals surface area contributed by atoms with Crippen LogP contribution in [0.4, 0.5) is 0 Å². The fraction of sp³-hybridized carbons (Fsp3) is 0.556. The Morgan fingerprint density at radius 1 is 1.64 bits per heavy atom. The first-order valence-corrected chi connectivity index (χ1v) is 4.07. The molecule has 1 unspecified atom stereocenters. The van der Waals surface area contributed by atoms with Gasteiger partial charge in [0.25, 0.3) is 0 Å². The normalized spacial score (nSPS) is 12.1. The van der Waals surface area contributed by atoms with Gasteiger partial charge >= 0.3 is 42.6 Å². The van der Waals surface area contributed by atoms with Crippen molar-refractivity contribution in [2.45, 2.75) is 24.9 Å². The van der Waals surface area contributed by atoms with Crippen LogP contribution in [0.1, 0.15) is 20.3 Å². The van der Waals surface area contributed by atoms with E-state index in [-0.39, 0.29) is 6.61 Å². The van der Waals surface area contributed by atoms with Crippen LogP contribution in [0, 0.1) is 0 Å². The molecule has 0 saturated heterocycles. The summed E-state index contributed by atoms with van der Waals surface area (Å²) >= 11 is 2.22. The number of allylic oxidation sites excluding steroid dienone is 2. The zero-order valence-corrected chi connectivity index (χ0v) is 7.88. The molecule has 0 aromatic carbocycles. The van der Waals surface area contributed by atoms with E-state index in [4.69, 9.17) is 5.11 Å². The molecule has 60 valence electrons. The molecule has 0 radical (unpaired) electrons. The topological polar surface area (TPSA) is 20.2 Å². The van der Waals surface area contributed by atoms with Gasteiger partial charge in [0.05, 0.1) is 6.61 Å². The molecule has 0 saturated carbocycles. The van der Waals surface area contributed by atoms with Crippen molar-refractivity contribution >= 4 is 17.7 Å². The quantitative estimate of drug-likeness (QED) is 0.480. The Morgan fingerprint density at radius 3 is 2.18 bits per heavy atom. The Bertz CT molecular complexity index is 97.7. The molecule has 0 aromatic rings. The van der Waals surface area contributed by atoms with Gasteiger partial charge in [-0.15, -0.1) is 0 Å². The van der Waals surface area contributed by atoms with Gasteiger partial charge in [0.15, 0.2) is 0 Å². The molecule has 0 aliphatic rings. The summed E-state index contributed by atoms with van der Waals surface area (Å²) in [6.07, 6.45) is 6.24. The van der Waals surface area contributed by atoms with Crippen molar-refractivity contribution in [2.75, 3.05) is 6.61 Å². The maximum absolute atomic E-state index is 8.06. The molecule has 0 spiro atoms. The molecule has 11 heavy (non-hydrogen) atoms. The SMILES string of the molecule is C=C/C=C/CO.[Li][CH](C)CC. The molecule has 0 aliphatic heterocycles. The van der Waals surface area contributed by atoms with Crippen LogP contribution in [-0.2, 0) is 0 Å². The van der Waals surface area contributed by atoms with Crippen molar-refractivity contribution in [3.05, 3.63) is 24.8 Å². The molecule has 0 fully saturated rings. The molecule has 1 N–H and O–H groups in total. The zero-order chi connectivity index (χ0) is 9.11. The molecule has 0 amide bonds. The van der Waals surface area contributed by atoms with Crippen molar-refractivity contribution in [3.63, 3.8) is 0 Å². The van der Waals surface area contributed by atoms with Crippen molar-refractivity contribution in [1.82, 2.24) is 0 Å². The number of aliphatic hydroxyl groups excluding tert-OH is 1. The molecular weight excluding hydrogens is 131 g/mol. The van der Waals surface area contributed by atoms with Gasteiger partial charge in [0, 0.05) is 0 Å². The monoisotopic (exact) mass is 148 g/mol. The van der Waals surface area contributed by atoms with Crippen molar-refractivity contribution in [1.29, 1.82) is 0 Å². The Kier molecular flexibility index (Phi) is 15.7. The van der Waals surface area contributed by atoms with Gasteiger partial charge < -0.3 is 5.11 Å². The third kappa shape index (κ3) is 25.6. The third-order valence-corrected chi connectivity index (χ3v) is 1.19. The van der Waals surface area contributed by atoms with Crippen molar-refractivity contribution < 1.29 is 5.11 Å². The van der Waals surface area contributed by atoms with Crippen LogP contribution in [0.25, 0.3) is 0 Å². The van der Waals surface area contributed by atoms with Crippen molar-refractivity contribution in [3.8, 4) is 0 Å². The molecule has 0 bridgehead atoms. The van der Waals surface area contributed by atoms with Gasteiger partial charge in [-0.3, -0.25) is 0 Å². The van der Waals surface area contributed by atoms with Gasteiger partial charge in [-0.05, 0) is 0 Å². The third-order valence-electron chi connectivity index (χ3n) is 1.19. The van der Waals surface area contributed by atoms with Crippen LogP contribution in [0.15, 0.2) is 24.8 Å². The average molecular weight is 148 g/mol. The number of aliphatic hydroxyl groups is 1. The minimum atomic E-state index is 0.103. The van der Waals surface area contributed by atoms with E-state index in [1.54, 1.807) is 18.2 Å². The fourth-order valence-electron chi connectivity index (χ4n) is 0.157. The van der Waals surface area contributed by atoms with Gasteiger partial charge in [-0.1, -0.05) is 24.8 Å². The van der Waals surface area contributed by atoms with Gasteiger partial charge in [-0.25, -0.2) is 0 Å². The van der Waals surface area contributed by atoms with Crippen LogP contribution in [0.2, 0.25) is 4.59 Å².